The van der Waals surface area contributed by atoms with Gasteiger partial charge >= 0.3 is 0 Å². The minimum atomic E-state index is -0.739. The average Bonchev–Trinajstić information content (AvgIpc) is 3.06. The highest BCUT2D eigenvalue weighted by Gasteiger charge is 2.20. The summed E-state index contributed by atoms with van der Waals surface area (Å²) in [6, 6.07) is 9.96. The van der Waals surface area contributed by atoms with Crippen LogP contribution in [-0.2, 0) is 11.8 Å². The van der Waals surface area contributed by atoms with Crippen molar-refractivity contribution in [3.05, 3.63) is 94.5 Å². The maximum Gasteiger partial charge on any atom is 0.244 e. The van der Waals surface area contributed by atoms with Gasteiger partial charge in [0, 0.05) is 36.1 Å². The van der Waals surface area contributed by atoms with E-state index in [1.54, 1.807) is 41.2 Å². The van der Waals surface area contributed by atoms with Crippen LogP contribution in [0.5, 0.6) is 0 Å². The lowest BCUT2D eigenvalue weighted by Gasteiger charge is -2.18. The first kappa shape index (κ1) is 18.8. The summed E-state index contributed by atoms with van der Waals surface area (Å²) < 4.78 is 29.2. The number of halogens is 3. The number of carbonyl (C=O) groups is 1. The first-order valence-electron chi connectivity index (χ1n) is 8.11. The molecule has 0 fully saturated rings. The van der Waals surface area contributed by atoms with Crippen molar-refractivity contribution in [1.29, 1.82) is 0 Å². The summed E-state index contributed by atoms with van der Waals surface area (Å²) in [5.74, 6) is -1.38. The summed E-state index contributed by atoms with van der Waals surface area (Å²) in [5.41, 5.74) is 0.500. The Morgan fingerprint density at radius 3 is 2.44 bits per heavy atom. The second-order valence-electron chi connectivity index (χ2n) is 5.86. The lowest BCUT2D eigenvalue weighted by atomic mass is 10.1. The number of aryl methyl sites for hydroxylation is 1. The second-order valence-corrected chi connectivity index (χ2v) is 6.29. The van der Waals surface area contributed by atoms with Crippen molar-refractivity contribution < 1.29 is 13.6 Å². The Morgan fingerprint density at radius 2 is 1.85 bits per heavy atom. The summed E-state index contributed by atoms with van der Waals surface area (Å²) in [4.78, 5) is 16.7. The molecule has 0 spiro atoms. The topological polar surface area (TPSA) is 46.9 Å². The number of hydrogen-bond donors (Lipinski definition) is 1. The van der Waals surface area contributed by atoms with Crippen molar-refractivity contribution in [2.24, 2.45) is 7.05 Å². The highest BCUT2D eigenvalue weighted by molar-refractivity contribution is 6.30. The van der Waals surface area contributed by atoms with Crippen molar-refractivity contribution >= 4 is 23.6 Å². The maximum atomic E-state index is 13.7. The third kappa shape index (κ3) is 4.41. The van der Waals surface area contributed by atoms with E-state index < -0.39 is 23.6 Å². The Hall–Kier alpha value is -2.99. The monoisotopic (exact) mass is 387 g/mol. The van der Waals surface area contributed by atoms with Crippen LogP contribution in [0.2, 0.25) is 5.02 Å². The molecule has 1 heterocycles. The van der Waals surface area contributed by atoms with E-state index in [0.717, 1.165) is 29.8 Å². The van der Waals surface area contributed by atoms with Gasteiger partial charge in [0.2, 0.25) is 5.91 Å². The minimum absolute atomic E-state index is 0.271. The van der Waals surface area contributed by atoms with E-state index >= 15 is 0 Å². The third-order valence-electron chi connectivity index (χ3n) is 4.01. The fourth-order valence-corrected chi connectivity index (χ4v) is 2.75. The molecule has 0 radical (unpaired) electrons. The van der Waals surface area contributed by atoms with Gasteiger partial charge in [-0.1, -0.05) is 29.8 Å². The van der Waals surface area contributed by atoms with Crippen molar-refractivity contribution in [3.63, 3.8) is 0 Å². The van der Waals surface area contributed by atoms with E-state index in [2.05, 4.69) is 10.3 Å². The Labute approximate surface area is 160 Å². The third-order valence-corrected chi connectivity index (χ3v) is 4.26. The van der Waals surface area contributed by atoms with Crippen LogP contribution in [0, 0.1) is 11.6 Å². The molecule has 3 aromatic rings. The molecule has 0 aliphatic carbocycles. The average molecular weight is 388 g/mol. The van der Waals surface area contributed by atoms with Gasteiger partial charge in [-0.2, -0.15) is 0 Å². The number of imidazole rings is 1. The van der Waals surface area contributed by atoms with Crippen LogP contribution in [0.25, 0.3) is 6.08 Å². The Morgan fingerprint density at radius 1 is 1.19 bits per heavy atom. The molecule has 0 saturated carbocycles. The molecule has 1 aromatic heterocycles. The predicted octanol–water partition coefficient (Wildman–Crippen LogP) is 4.27. The molecule has 7 heteroatoms. The van der Waals surface area contributed by atoms with Gasteiger partial charge in [0.15, 0.2) is 0 Å². The fourth-order valence-electron chi connectivity index (χ4n) is 2.63. The zero-order valence-electron chi connectivity index (χ0n) is 14.4. The normalized spacial score (nSPS) is 12.3. The van der Waals surface area contributed by atoms with E-state index in [4.69, 9.17) is 11.6 Å². The summed E-state index contributed by atoms with van der Waals surface area (Å²) in [7, 11) is 1.81. The van der Waals surface area contributed by atoms with Crippen LogP contribution in [0.3, 0.4) is 0 Å². The molecule has 0 aliphatic heterocycles. The molecule has 138 valence electrons. The quantitative estimate of drug-likeness (QED) is 0.664. The molecule has 1 amide bonds. The molecule has 1 unspecified atom stereocenters. The minimum Gasteiger partial charge on any atom is -0.339 e. The fraction of sp³-hybridized carbons (Fsp3) is 0.100. The van der Waals surface area contributed by atoms with Crippen LogP contribution in [-0.4, -0.2) is 15.5 Å². The van der Waals surface area contributed by atoms with Gasteiger partial charge in [-0.15, -0.1) is 0 Å². The molecular weight excluding hydrogens is 372 g/mol. The molecule has 4 nitrogen and oxygen atoms in total. The largest absolute Gasteiger partial charge is 0.339 e. The van der Waals surface area contributed by atoms with E-state index in [1.165, 1.54) is 6.07 Å². The molecule has 27 heavy (non-hydrogen) atoms. The number of amides is 1. The number of aromatic nitrogens is 2. The lowest BCUT2D eigenvalue weighted by molar-refractivity contribution is -0.117. The first-order valence-corrected chi connectivity index (χ1v) is 8.49. The number of rotatable bonds is 5. The molecule has 0 saturated heterocycles. The number of hydrogen-bond acceptors (Lipinski definition) is 2. The SMILES string of the molecule is Cn1ccnc1C(NC(=O)/C=C/c1c(F)cccc1F)c1ccc(Cl)cc1. The smallest absolute Gasteiger partial charge is 0.244 e. The molecule has 1 atom stereocenters. The number of nitrogens with one attached hydrogen (secondary N) is 1. The van der Waals surface area contributed by atoms with Crippen molar-refractivity contribution in [2.75, 3.05) is 0 Å². The summed E-state index contributed by atoms with van der Waals surface area (Å²) in [6.07, 6.45) is 5.58. The summed E-state index contributed by atoms with van der Waals surface area (Å²) in [6.45, 7) is 0. The van der Waals surface area contributed by atoms with Gasteiger partial charge in [0.1, 0.15) is 23.5 Å². The van der Waals surface area contributed by atoms with Crippen LogP contribution in [0.15, 0.2) is 60.9 Å². The standard InChI is InChI=1S/C20H16ClF2N3O/c1-26-12-11-24-20(26)19(13-5-7-14(21)8-6-13)25-18(27)10-9-15-16(22)3-2-4-17(15)23/h2-12,19H,1H3,(H,25,27)/b10-9+. The van der Waals surface area contributed by atoms with Gasteiger partial charge in [-0.3, -0.25) is 4.79 Å². The molecule has 0 aliphatic rings. The highest BCUT2D eigenvalue weighted by Crippen LogP contribution is 2.22. The van der Waals surface area contributed by atoms with Gasteiger partial charge < -0.3 is 9.88 Å². The molecular formula is C20H16ClF2N3O. The van der Waals surface area contributed by atoms with Crippen LogP contribution < -0.4 is 5.32 Å². The summed E-state index contributed by atoms with van der Waals surface area (Å²) >= 11 is 5.94. The molecule has 3 rings (SSSR count). The van der Waals surface area contributed by atoms with Gasteiger partial charge in [0.05, 0.1) is 0 Å². The summed E-state index contributed by atoms with van der Waals surface area (Å²) in [5, 5.41) is 3.38. The van der Waals surface area contributed by atoms with E-state index in [9.17, 15) is 13.6 Å². The maximum absolute atomic E-state index is 13.7. The molecule has 1 N–H and O–H groups in total. The number of carbonyl (C=O) groups excluding carboxylic acids is 1. The molecule has 0 bridgehead atoms. The van der Waals surface area contributed by atoms with Gasteiger partial charge in [0.25, 0.3) is 0 Å². The van der Waals surface area contributed by atoms with Crippen LogP contribution in [0.4, 0.5) is 8.78 Å². The van der Waals surface area contributed by atoms with E-state index in [-0.39, 0.29) is 5.56 Å². The second kappa shape index (κ2) is 8.14. The Kier molecular flexibility index (Phi) is 5.66. The van der Waals surface area contributed by atoms with E-state index in [1.807, 2.05) is 7.05 Å². The predicted molar refractivity (Wildman–Crippen MR) is 100 cm³/mol. The highest BCUT2D eigenvalue weighted by atomic mass is 35.5. The van der Waals surface area contributed by atoms with Crippen molar-refractivity contribution in [2.45, 2.75) is 6.04 Å². The van der Waals surface area contributed by atoms with E-state index in [0.29, 0.717) is 10.8 Å². The van der Waals surface area contributed by atoms with Crippen molar-refractivity contribution in [1.82, 2.24) is 14.9 Å². The lowest BCUT2D eigenvalue weighted by Crippen LogP contribution is -2.29. The number of nitrogens with zero attached hydrogens (tertiary/aromatic N) is 2. The van der Waals surface area contributed by atoms with Crippen LogP contribution >= 0.6 is 11.6 Å². The molecule has 2 aromatic carbocycles. The van der Waals surface area contributed by atoms with Gasteiger partial charge in [-0.25, -0.2) is 13.8 Å². The zero-order valence-corrected chi connectivity index (χ0v) is 15.1. The zero-order chi connectivity index (χ0) is 19.4. The Balaban J connectivity index is 1.86. The van der Waals surface area contributed by atoms with Crippen molar-refractivity contribution in [3.8, 4) is 0 Å². The Bertz CT molecular complexity index is 963. The van der Waals surface area contributed by atoms with Gasteiger partial charge in [-0.05, 0) is 35.9 Å². The number of benzene rings is 2. The van der Waals surface area contributed by atoms with Crippen LogP contribution in [0.1, 0.15) is 23.0 Å². The first-order chi connectivity index (χ1) is 13.0.